The van der Waals surface area contributed by atoms with E-state index in [-0.39, 0.29) is 17.4 Å². The molecule has 2 rings (SSSR count). The molecular formula is C13H11ClN2O3. The zero-order valence-electron chi connectivity index (χ0n) is 9.85. The highest BCUT2D eigenvalue weighted by Crippen LogP contribution is 2.18. The van der Waals surface area contributed by atoms with E-state index in [4.69, 9.17) is 21.8 Å². The van der Waals surface area contributed by atoms with Crippen LogP contribution in [0.2, 0.25) is 5.22 Å². The number of nitrogens with one attached hydrogen (secondary N) is 1. The van der Waals surface area contributed by atoms with E-state index in [1.54, 1.807) is 24.3 Å². The van der Waals surface area contributed by atoms with Gasteiger partial charge in [-0.25, -0.2) is 0 Å². The summed E-state index contributed by atoms with van der Waals surface area (Å²) >= 11 is 5.60. The summed E-state index contributed by atoms with van der Waals surface area (Å²) in [5.74, 6) is -0.814. The van der Waals surface area contributed by atoms with Crippen molar-refractivity contribution in [3.8, 4) is 0 Å². The largest absolute Gasteiger partial charge is 0.440 e. The van der Waals surface area contributed by atoms with Gasteiger partial charge < -0.3 is 15.5 Å². The first-order chi connectivity index (χ1) is 9.06. The second-order valence-corrected chi connectivity index (χ2v) is 4.23. The zero-order chi connectivity index (χ0) is 13.8. The number of benzene rings is 1. The van der Waals surface area contributed by atoms with Crippen LogP contribution in [0.25, 0.3) is 0 Å². The number of anilines is 1. The van der Waals surface area contributed by atoms with Gasteiger partial charge in [0.1, 0.15) is 0 Å². The van der Waals surface area contributed by atoms with Crippen LogP contribution in [0.4, 0.5) is 5.69 Å². The Labute approximate surface area is 114 Å². The normalized spacial score (nSPS) is 10.2. The molecule has 5 nitrogen and oxygen atoms in total. The lowest BCUT2D eigenvalue weighted by Gasteiger charge is -2.08. The summed E-state index contributed by atoms with van der Waals surface area (Å²) in [6.07, 6.45) is 0.0510. The lowest BCUT2D eigenvalue weighted by atomic mass is 10.1. The number of furan rings is 1. The van der Waals surface area contributed by atoms with Gasteiger partial charge in [-0.1, -0.05) is 18.2 Å². The number of amides is 2. The molecular weight excluding hydrogens is 268 g/mol. The van der Waals surface area contributed by atoms with E-state index in [1.807, 2.05) is 0 Å². The molecule has 0 spiro atoms. The topological polar surface area (TPSA) is 85.3 Å². The van der Waals surface area contributed by atoms with Gasteiger partial charge in [-0.15, -0.1) is 0 Å². The van der Waals surface area contributed by atoms with E-state index in [0.29, 0.717) is 11.3 Å². The Morgan fingerprint density at radius 1 is 1.21 bits per heavy atom. The van der Waals surface area contributed by atoms with Crippen molar-refractivity contribution in [2.45, 2.75) is 6.42 Å². The summed E-state index contributed by atoms with van der Waals surface area (Å²) in [6, 6.07) is 9.85. The molecule has 0 fully saturated rings. The predicted molar refractivity (Wildman–Crippen MR) is 71.0 cm³/mol. The van der Waals surface area contributed by atoms with Gasteiger partial charge in [-0.3, -0.25) is 9.59 Å². The Hall–Kier alpha value is -2.27. The number of hydrogen-bond donors (Lipinski definition) is 2. The smallest absolute Gasteiger partial charge is 0.291 e. The molecule has 6 heteroatoms. The van der Waals surface area contributed by atoms with E-state index in [1.165, 1.54) is 12.1 Å². The molecule has 1 aromatic heterocycles. The molecule has 19 heavy (non-hydrogen) atoms. The van der Waals surface area contributed by atoms with Gasteiger partial charge in [0.05, 0.1) is 6.42 Å². The summed E-state index contributed by atoms with van der Waals surface area (Å²) in [5, 5.41) is 2.78. The fourth-order valence-electron chi connectivity index (χ4n) is 1.60. The van der Waals surface area contributed by atoms with Crippen molar-refractivity contribution in [3.63, 3.8) is 0 Å². The van der Waals surface area contributed by atoms with Crippen molar-refractivity contribution in [2.24, 2.45) is 5.73 Å². The second kappa shape index (κ2) is 5.58. The standard InChI is InChI=1S/C13H11ClN2O3/c14-11-6-5-10(19-11)13(18)16-9-4-2-1-3-8(9)7-12(15)17/h1-6H,7H2,(H2,15,17)(H,16,18). The molecule has 0 atom stereocenters. The Kier molecular flexibility index (Phi) is 3.87. The van der Waals surface area contributed by atoms with Crippen LogP contribution in [0, 0.1) is 0 Å². The van der Waals surface area contributed by atoms with Crippen molar-refractivity contribution >= 4 is 29.1 Å². The van der Waals surface area contributed by atoms with Gasteiger partial charge in [0.25, 0.3) is 5.91 Å². The van der Waals surface area contributed by atoms with Crippen molar-refractivity contribution in [3.05, 3.63) is 52.9 Å². The average molecular weight is 279 g/mol. The van der Waals surface area contributed by atoms with Crippen molar-refractivity contribution in [1.29, 1.82) is 0 Å². The van der Waals surface area contributed by atoms with E-state index >= 15 is 0 Å². The van der Waals surface area contributed by atoms with E-state index in [2.05, 4.69) is 5.32 Å². The van der Waals surface area contributed by atoms with Crippen molar-refractivity contribution in [2.75, 3.05) is 5.32 Å². The third-order valence-corrected chi connectivity index (χ3v) is 2.63. The number of carbonyl (C=O) groups excluding carboxylic acids is 2. The quantitative estimate of drug-likeness (QED) is 0.899. The van der Waals surface area contributed by atoms with Crippen LogP contribution in [0.15, 0.2) is 40.8 Å². The fraction of sp³-hybridized carbons (Fsp3) is 0.0769. The molecule has 0 saturated carbocycles. The Bertz CT molecular complexity index is 622. The molecule has 0 bridgehead atoms. The molecule has 0 aliphatic carbocycles. The number of halogens is 1. The van der Waals surface area contributed by atoms with E-state index in [0.717, 1.165) is 0 Å². The lowest BCUT2D eigenvalue weighted by Crippen LogP contribution is -2.17. The molecule has 0 unspecified atom stereocenters. The van der Waals surface area contributed by atoms with Gasteiger partial charge in [0.2, 0.25) is 5.91 Å². The third-order valence-electron chi connectivity index (χ3n) is 2.43. The van der Waals surface area contributed by atoms with E-state index < -0.39 is 11.8 Å². The summed E-state index contributed by atoms with van der Waals surface area (Å²) in [4.78, 5) is 22.8. The summed E-state index contributed by atoms with van der Waals surface area (Å²) < 4.78 is 5.00. The molecule has 0 radical (unpaired) electrons. The minimum Gasteiger partial charge on any atom is -0.440 e. The summed E-state index contributed by atoms with van der Waals surface area (Å²) in [7, 11) is 0. The molecule has 0 saturated heterocycles. The Balaban J connectivity index is 2.19. The maximum absolute atomic E-state index is 11.9. The Morgan fingerprint density at radius 3 is 2.58 bits per heavy atom. The van der Waals surface area contributed by atoms with Crippen LogP contribution in [0.1, 0.15) is 16.1 Å². The summed E-state index contributed by atoms with van der Waals surface area (Å²) in [5.41, 5.74) is 6.30. The molecule has 1 heterocycles. The number of primary amides is 1. The van der Waals surface area contributed by atoms with Gasteiger partial charge in [-0.05, 0) is 35.4 Å². The molecule has 0 aliphatic rings. The highest BCUT2D eigenvalue weighted by Gasteiger charge is 2.13. The van der Waals surface area contributed by atoms with Crippen LogP contribution < -0.4 is 11.1 Å². The van der Waals surface area contributed by atoms with Crippen molar-refractivity contribution < 1.29 is 14.0 Å². The molecule has 1 aromatic carbocycles. The van der Waals surface area contributed by atoms with Crippen LogP contribution in [-0.4, -0.2) is 11.8 Å². The second-order valence-electron chi connectivity index (χ2n) is 3.86. The molecule has 98 valence electrons. The fourth-order valence-corrected chi connectivity index (χ4v) is 1.75. The van der Waals surface area contributed by atoms with Gasteiger partial charge in [0, 0.05) is 5.69 Å². The lowest BCUT2D eigenvalue weighted by molar-refractivity contribution is -0.117. The number of nitrogens with two attached hydrogens (primary N) is 1. The minimum absolute atomic E-state index is 0.0510. The van der Waals surface area contributed by atoms with E-state index in [9.17, 15) is 9.59 Å². The van der Waals surface area contributed by atoms with Crippen LogP contribution >= 0.6 is 11.6 Å². The van der Waals surface area contributed by atoms with Gasteiger partial charge in [0.15, 0.2) is 11.0 Å². The van der Waals surface area contributed by atoms with Crippen molar-refractivity contribution in [1.82, 2.24) is 0 Å². The molecule has 3 N–H and O–H groups in total. The number of para-hydroxylation sites is 1. The van der Waals surface area contributed by atoms with Gasteiger partial charge in [-0.2, -0.15) is 0 Å². The predicted octanol–water partition coefficient (Wildman–Crippen LogP) is 2.21. The van der Waals surface area contributed by atoms with Crippen LogP contribution in [0.3, 0.4) is 0 Å². The average Bonchev–Trinajstić information content (AvgIpc) is 2.78. The van der Waals surface area contributed by atoms with Gasteiger partial charge >= 0.3 is 0 Å². The first-order valence-electron chi connectivity index (χ1n) is 5.49. The maximum Gasteiger partial charge on any atom is 0.291 e. The monoisotopic (exact) mass is 278 g/mol. The third kappa shape index (κ3) is 3.35. The summed E-state index contributed by atoms with van der Waals surface area (Å²) in [6.45, 7) is 0. The molecule has 0 aliphatic heterocycles. The number of hydrogen-bond acceptors (Lipinski definition) is 3. The molecule has 2 amide bonds. The molecule has 2 aromatic rings. The number of rotatable bonds is 4. The zero-order valence-corrected chi connectivity index (χ0v) is 10.6. The first kappa shape index (κ1) is 13.2. The Morgan fingerprint density at radius 2 is 1.95 bits per heavy atom. The van der Waals surface area contributed by atoms with Crippen LogP contribution in [0.5, 0.6) is 0 Å². The highest BCUT2D eigenvalue weighted by atomic mass is 35.5. The maximum atomic E-state index is 11.9. The first-order valence-corrected chi connectivity index (χ1v) is 5.87. The minimum atomic E-state index is -0.470. The number of carbonyl (C=O) groups is 2. The highest BCUT2D eigenvalue weighted by molar-refractivity contribution is 6.29. The SMILES string of the molecule is NC(=O)Cc1ccccc1NC(=O)c1ccc(Cl)o1. The van der Waals surface area contributed by atoms with Crippen LogP contribution in [-0.2, 0) is 11.2 Å².